The highest BCUT2D eigenvalue weighted by atomic mass is 79.9. The summed E-state index contributed by atoms with van der Waals surface area (Å²) in [7, 11) is 1.39. The first-order valence-corrected chi connectivity index (χ1v) is 5.64. The van der Waals surface area contributed by atoms with Crippen LogP contribution in [0.4, 0.5) is 0 Å². The lowest BCUT2D eigenvalue weighted by atomic mass is 9.98. The first kappa shape index (κ1) is 14.2. The van der Waals surface area contributed by atoms with Crippen LogP contribution in [0.25, 0.3) is 0 Å². The highest BCUT2D eigenvalue weighted by Gasteiger charge is 2.18. The maximum atomic E-state index is 11.5. The zero-order chi connectivity index (χ0) is 11.8. The van der Waals surface area contributed by atoms with Gasteiger partial charge in [-0.2, -0.15) is 0 Å². The van der Waals surface area contributed by atoms with Crippen molar-refractivity contribution in [3.63, 3.8) is 0 Å². The van der Waals surface area contributed by atoms with Gasteiger partial charge in [-0.25, -0.2) is 4.79 Å². The van der Waals surface area contributed by atoms with Crippen molar-refractivity contribution in [2.45, 2.75) is 20.3 Å². The summed E-state index contributed by atoms with van der Waals surface area (Å²) < 4.78 is 5.50. The first-order valence-electron chi connectivity index (χ1n) is 4.85. The number of hydrogen-bond acceptors (Lipinski definition) is 2. The van der Waals surface area contributed by atoms with Gasteiger partial charge >= 0.3 is 5.97 Å². The Morgan fingerprint density at radius 2 is 2.20 bits per heavy atom. The normalized spacial score (nSPS) is 14.7. The number of esters is 1. The summed E-state index contributed by atoms with van der Waals surface area (Å²) in [5.74, 6) is -0.119. The Labute approximate surface area is 99.8 Å². The highest BCUT2D eigenvalue weighted by Crippen LogP contribution is 2.24. The predicted molar refractivity (Wildman–Crippen MR) is 66.8 cm³/mol. The van der Waals surface area contributed by atoms with E-state index < -0.39 is 0 Å². The van der Waals surface area contributed by atoms with Crippen LogP contribution in [-0.2, 0) is 9.53 Å². The molecule has 0 aromatic rings. The largest absolute Gasteiger partial charge is 0.466 e. The molecule has 2 nitrogen and oxygen atoms in total. The van der Waals surface area contributed by atoms with Crippen LogP contribution in [0.15, 0.2) is 34.9 Å². The van der Waals surface area contributed by atoms with Gasteiger partial charge in [0.05, 0.1) is 12.7 Å². The van der Waals surface area contributed by atoms with Gasteiger partial charge in [-0.15, -0.1) is 0 Å². The van der Waals surface area contributed by atoms with E-state index in [4.69, 9.17) is 4.74 Å². The molecular formula is C12H17BrO2. The summed E-state index contributed by atoms with van der Waals surface area (Å²) in [6, 6.07) is 0. The smallest absolute Gasteiger partial charge is 0.335 e. The van der Waals surface area contributed by atoms with E-state index in [1.165, 1.54) is 7.11 Å². The molecule has 3 heteroatoms. The molecule has 0 heterocycles. The van der Waals surface area contributed by atoms with Crippen LogP contribution in [0.3, 0.4) is 0 Å². The van der Waals surface area contributed by atoms with E-state index >= 15 is 0 Å². The van der Waals surface area contributed by atoms with Gasteiger partial charge < -0.3 is 4.74 Å². The molecule has 0 aromatic heterocycles. The summed E-state index contributed by atoms with van der Waals surface area (Å²) in [5.41, 5.74) is 0.665. The van der Waals surface area contributed by atoms with Crippen molar-refractivity contribution < 1.29 is 9.53 Å². The molecule has 0 saturated carbocycles. The summed E-state index contributed by atoms with van der Waals surface area (Å²) in [5, 5.41) is 0. The molecule has 1 unspecified atom stereocenters. The van der Waals surface area contributed by atoms with E-state index in [1.807, 2.05) is 13.8 Å². The summed E-state index contributed by atoms with van der Waals surface area (Å²) in [6.45, 7) is 7.60. The van der Waals surface area contributed by atoms with Crippen LogP contribution in [0.5, 0.6) is 0 Å². The Kier molecular flexibility index (Phi) is 7.05. The molecule has 15 heavy (non-hydrogen) atoms. The maximum Gasteiger partial charge on any atom is 0.335 e. The number of halogens is 1. The fourth-order valence-electron chi connectivity index (χ4n) is 1.09. The van der Waals surface area contributed by atoms with Crippen LogP contribution in [-0.4, -0.2) is 13.1 Å². The molecule has 0 N–H and O–H groups in total. The molecule has 0 fully saturated rings. The molecule has 1 atom stereocenters. The average molecular weight is 273 g/mol. The summed E-state index contributed by atoms with van der Waals surface area (Å²) in [6.07, 6.45) is 6.12. The molecule has 0 bridgehead atoms. The van der Waals surface area contributed by atoms with Gasteiger partial charge in [0.25, 0.3) is 0 Å². The molecule has 0 aliphatic carbocycles. The lowest BCUT2D eigenvalue weighted by Crippen LogP contribution is -2.13. The van der Waals surface area contributed by atoms with Crippen molar-refractivity contribution in [3.05, 3.63) is 34.9 Å². The molecule has 0 aliphatic rings. The minimum atomic E-state index is -0.287. The number of allylic oxidation sites excluding steroid dienone is 4. The third kappa shape index (κ3) is 4.47. The number of hydrogen-bond donors (Lipinski definition) is 0. The Hall–Kier alpha value is -0.830. The fourth-order valence-corrected chi connectivity index (χ4v) is 1.80. The van der Waals surface area contributed by atoms with Crippen molar-refractivity contribution in [2.24, 2.45) is 5.92 Å². The Morgan fingerprint density at radius 1 is 1.60 bits per heavy atom. The second kappa shape index (κ2) is 7.46. The molecule has 0 saturated heterocycles. The van der Waals surface area contributed by atoms with Gasteiger partial charge in [-0.05, 0) is 18.4 Å². The van der Waals surface area contributed by atoms with Gasteiger partial charge in [0.15, 0.2) is 0 Å². The summed E-state index contributed by atoms with van der Waals surface area (Å²) >= 11 is 3.37. The van der Waals surface area contributed by atoms with Crippen molar-refractivity contribution >= 4 is 21.9 Å². The first-order chi connectivity index (χ1) is 7.08. The SMILES string of the molecule is C=C/C=C\C(Br)=C(\C(=O)OC)C(C)CC. The monoisotopic (exact) mass is 272 g/mol. The number of methoxy groups -OCH3 is 1. The predicted octanol–water partition coefficient (Wildman–Crippen LogP) is 3.60. The Morgan fingerprint density at radius 3 is 2.60 bits per heavy atom. The number of carbonyl (C=O) groups excluding carboxylic acids is 1. The van der Waals surface area contributed by atoms with Crippen molar-refractivity contribution in [3.8, 4) is 0 Å². The lowest BCUT2D eigenvalue weighted by molar-refractivity contribution is -0.136. The molecule has 0 radical (unpaired) electrons. The van der Waals surface area contributed by atoms with Crippen LogP contribution < -0.4 is 0 Å². The number of rotatable bonds is 5. The molecule has 0 rings (SSSR count). The topological polar surface area (TPSA) is 26.3 Å². The molecule has 0 amide bonds. The van der Waals surface area contributed by atoms with E-state index in [0.29, 0.717) is 5.57 Å². The molecule has 0 aromatic carbocycles. The minimum absolute atomic E-state index is 0.168. The zero-order valence-corrected chi connectivity index (χ0v) is 11.0. The molecule has 0 spiro atoms. The van der Waals surface area contributed by atoms with Crippen LogP contribution in [0.1, 0.15) is 20.3 Å². The zero-order valence-electron chi connectivity index (χ0n) is 9.42. The third-order valence-corrected chi connectivity index (χ3v) is 2.84. The molecule has 0 aliphatic heterocycles. The third-order valence-electron chi connectivity index (χ3n) is 2.15. The standard InChI is InChI=1S/C12H17BrO2/c1-5-7-8-10(13)11(9(3)6-2)12(14)15-4/h5,7-9H,1,6H2,2-4H3/b8-7-,11-10-. The molecule has 84 valence electrons. The Bertz CT molecular complexity index is 290. The van der Waals surface area contributed by atoms with Gasteiger partial charge in [0, 0.05) is 4.48 Å². The van der Waals surface area contributed by atoms with Crippen LogP contribution in [0.2, 0.25) is 0 Å². The van der Waals surface area contributed by atoms with E-state index in [-0.39, 0.29) is 11.9 Å². The van der Waals surface area contributed by atoms with Crippen molar-refractivity contribution in [2.75, 3.05) is 7.11 Å². The van der Waals surface area contributed by atoms with Gasteiger partial charge in [0.2, 0.25) is 0 Å². The van der Waals surface area contributed by atoms with Gasteiger partial charge in [-0.3, -0.25) is 0 Å². The Balaban J connectivity index is 5.14. The average Bonchev–Trinajstić information content (AvgIpc) is 2.25. The van der Waals surface area contributed by atoms with E-state index in [9.17, 15) is 4.79 Å². The van der Waals surface area contributed by atoms with Gasteiger partial charge in [0.1, 0.15) is 0 Å². The van der Waals surface area contributed by atoms with E-state index in [1.54, 1.807) is 18.2 Å². The quantitative estimate of drug-likeness (QED) is 0.434. The fraction of sp³-hybridized carbons (Fsp3) is 0.417. The second-order valence-electron chi connectivity index (χ2n) is 3.16. The van der Waals surface area contributed by atoms with E-state index in [0.717, 1.165) is 10.9 Å². The highest BCUT2D eigenvalue weighted by molar-refractivity contribution is 9.11. The van der Waals surface area contributed by atoms with Crippen LogP contribution in [0, 0.1) is 5.92 Å². The molecular weight excluding hydrogens is 256 g/mol. The second-order valence-corrected chi connectivity index (χ2v) is 4.01. The number of carbonyl (C=O) groups is 1. The minimum Gasteiger partial charge on any atom is -0.466 e. The van der Waals surface area contributed by atoms with Crippen molar-refractivity contribution in [1.29, 1.82) is 0 Å². The lowest BCUT2D eigenvalue weighted by Gasteiger charge is -2.13. The summed E-state index contributed by atoms with van der Waals surface area (Å²) in [4.78, 5) is 11.5. The van der Waals surface area contributed by atoms with E-state index in [2.05, 4.69) is 22.5 Å². The number of ether oxygens (including phenoxy) is 1. The van der Waals surface area contributed by atoms with Crippen LogP contribution >= 0.6 is 15.9 Å². The maximum absolute atomic E-state index is 11.5. The van der Waals surface area contributed by atoms with Gasteiger partial charge in [-0.1, -0.05) is 48.5 Å². The van der Waals surface area contributed by atoms with Crippen molar-refractivity contribution in [1.82, 2.24) is 0 Å².